The van der Waals surface area contributed by atoms with E-state index in [1.54, 1.807) is 0 Å². The Kier molecular flexibility index (Phi) is 3.82. The van der Waals surface area contributed by atoms with E-state index in [4.69, 9.17) is 0 Å². The Morgan fingerprint density at radius 2 is 1.86 bits per heavy atom. The maximum Gasteiger partial charge on any atom is 0.0580 e. The lowest BCUT2D eigenvalue weighted by molar-refractivity contribution is 0.0697. The first-order chi connectivity index (χ1) is 6.86. The number of aliphatic hydroxyl groups excluding tert-OH is 1. The number of rotatable bonds is 5. The monoisotopic (exact) mass is 197 g/mol. The van der Waals surface area contributed by atoms with Gasteiger partial charge in [0.25, 0.3) is 0 Å². The van der Waals surface area contributed by atoms with Crippen LogP contribution in [0.15, 0.2) is 0 Å². The second kappa shape index (κ2) is 5.13. The average molecular weight is 197 g/mol. The molecule has 0 radical (unpaired) electrons. The first-order valence-corrected chi connectivity index (χ1v) is 6.25. The van der Waals surface area contributed by atoms with E-state index in [0.29, 0.717) is 5.92 Å². The third-order valence-corrected chi connectivity index (χ3v) is 3.70. The van der Waals surface area contributed by atoms with E-state index in [9.17, 15) is 5.11 Å². The van der Waals surface area contributed by atoms with Gasteiger partial charge in [-0.25, -0.2) is 0 Å². The Labute approximate surface area is 87.1 Å². The summed E-state index contributed by atoms with van der Waals surface area (Å²) in [7, 11) is 0. The van der Waals surface area contributed by atoms with Gasteiger partial charge in [0, 0.05) is 6.54 Å². The normalized spacial score (nSPS) is 33.2. The van der Waals surface area contributed by atoms with E-state index in [2.05, 4.69) is 5.32 Å². The molecule has 82 valence electrons. The molecule has 2 fully saturated rings. The fourth-order valence-electron chi connectivity index (χ4n) is 2.43. The molecule has 2 nitrogen and oxygen atoms in total. The van der Waals surface area contributed by atoms with Crippen LogP contribution in [0.3, 0.4) is 0 Å². The summed E-state index contributed by atoms with van der Waals surface area (Å²) in [6.45, 7) is 2.20. The van der Waals surface area contributed by atoms with E-state index in [1.165, 1.54) is 38.5 Å². The van der Waals surface area contributed by atoms with Gasteiger partial charge in [0.05, 0.1) is 6.10 Å². The Hall–Kier alpha value is -0.0800. The highest BCUT2D eigenvalue weighted by Crippen LogP contribution is 2.31. The van der Waals surface area contributed by atoms with Crippen molar-refractivity contribution in [2.45, 2.75) is 51.0 Å². The summed E-state index contributed by atoms with van der Waals surface area (Å²) in [5.41, 5.74) is 0. The minimum absolute atomic E-state index is 0.0304. The largest absolute Gasteiger partial charge is 0.393 e. The molecule has 0 aromatic heterocycles. The summed E-state index contributed by atoms with van der Waals surface area (Å²) in [6.07, 6.45) is 9.00. The Morgan fingerprint density at radius 1 is 1.07 bits per heavy atom. The zero-order chi connectivity index (χ0) is 9.80. The minimum Gasteiger partial charge on any atom is -0.393 e. The van der Waals surface area contributed by atoms with E-state index >= 15 is 0 Å². The summed E-state index contributed by atoms with van der Waals surface area (Å²) in [4.78, 5) is 0. The topological polar surface area (TPSA) is 32.3 Å². The second-order valence-electron chi connectivity index (χ2n) is 5.05. The van der Waals surface area contributed by atoms with Gasteiger partial charge >= 0.3 is 0 Å². The van der Waals surface area contributed by atoms with Crippen LogP contribution in [0.1, 0.15) is 44.9 Å². The van der Waals surface area contributed by atoms with Gasteiger partial charge in [-0.1, -0.05) is 25.7 Å². The van der Waals surface area contributed by atoms with Crippen LogP contribution in [-0.4, -0.2) is 24.3 Å². The summed E-state index contributed by atoms with van der Waals surface area (Å²) in [5.74, 6) is 1.56. The van der Waals surface area contributed by atoms with Crippen molar-refractivity contribution in [1.82, 2.24) is 5.32 Å². The standard InChI is InChI=1S/C12H23NO/c14-12-4-2-1-3-11(12)9-13-8-7-10-5-6-10/h10-14H,1-9H2. The third-order valence-electron chi connectivity index (χ3n) is 3.70. The van der Waals surface area contributed by atoms with Crippen molar-refractivity contribution in [2.75, 3.05) is 13.1 Å². The molecule has 0 aromatic rings. The van der Waals surface area contributed by atoms with Crippen LogP contribution in [0, 0.1) is 11.8 Å². The molecule has 14 heavy (non-hydrogen) atoms. The lowest BCUT2D eigenvalue weighted by Crippen LogP contribution is -2.34. The Bertz CT molecular complexity index is 168. The zero-order valence-electron chi connectivity index (χ0n) is 9.04. The molecule has 2 aliphatic carbocycles. The summed E-state index contributed by atoms with van der Waals surface area (Å²) < 4.78 is 0. The molecule has 0 spiro atoms. The van der Waals surface area contributed by atoms with Crippen LogP contribution in [-0.2, 0) is 0 Å². The lowest BCUT2D eigenvalue weighted by Gasteiger charge is -2.27. The quantitative estimate of drug-likeness (QED) is 0.660. The van der Waals surface area contributed by atoms with Crippen molar-refractivity contribution in [1.29, 1.82) is 0 Å². The summed E-state index contributed by atoms with van der Waals surface area (Å²) >= 11 is 0. The van der Waals surface area contributed by atoms with Crippen LogP contribution in [0.25, 0.3) is 0 Å². The van der Waals surface area contributed by atoms with E-state index in [-0.39, 0.29) is 6.10 Å². The molecule has 2 heteroatoms. The van der Waals surface area contributed by atoms with Crippen LogP contribution in [0.4, 0.5) is 0 Å². The first kappa shape index (κ1) is 10.4. The van der Waals surface area contributed by atoms with Gasteiger partial charge in [-0.15, -0.1) is 0 Å². The molecule has 0 aromatic carbocycles. The molecule has 0 heterocycles. The lowest BCUT2D eigenvalue weighted by atomic mass is 9.86. The molecule has 0 bridgehead atoms. The SMILES string of the molecule is OC1CCCCC1CNCCC1CC1. The van der Waals surface area contributed by atoms with Crippen molar-refractivity contribution in [3.05, 3.63) is 0 Å². The van der Waals surface area contributed by atoms with Gasteiger partial charge in [0.2, 0.25) is 0 Å². The molecule has 2 unspecified atom stereocenters. The van der Waals surface area contributed by atoms with Gasteiger partial charge in [0.1, 0.15) is 0 Å². The maximum absolute atomic E-state index is 9.75. The first-order valence-electron chi connectivity index (χ1n) is 6.25. The Morgan fingerprint density at radius 3 is 2.57 bits per heavy atom. The molecule has 2 aliphatic rings. The number of hydrogen-bond acceptors (Lipinski definition) is 2. The predicted octanol–water partition coefficient (Wildman–Crippen LogP) is 1.93. The van der Waals surface area contributed by atoms with Crippen molar-refractivity contribution < 1.29 is 5.11 Å². The van der Waals surface area contributed by atoms with Crippen molar-refractivity contribution in [3.63, 3.8) is 0 Å². The van der Waals surface area contributed by atoms with Gasteiger partial charge in [-0.3, -0.25) is 0 Å². The molecule has 0 saturated heterocycles. The fraction of sp³-hybridized carbons (Fsp3) is 1.00. The van der Waals surface area contributed by atoms with Gasteiger partial charge < -0.3 is 10.4 Å². The molecule has 0 aliphatic heterocycles. The number of nitrogens with one attached hydrogen (secondary N) is 1. The number of aliphatic hydroxyl groups is 1. The van der Waals surface area contributed by atoms with Crippen molar-refractivity contribution >= 4 is 0 Å². The highest BCUT2D eigenvalue weighted by Gasteiger charge is 2.23. The highest BCUT2D eigenvalue weighted by molar-refractivity contribution is 4.77. The van der Waals surface area contributed by atoms with Crippen LogP contribution in [0.5, 0.6) is 0 Å². The molecule has 2 saturated carbocycles. The molecule has 2 rings (SSSR count). The van der Waals surface area contributed by atoms with E-state index < -0.39 is 0 Å². The average Bonchev–Trinajstić information content (AvgIpc) is 2.99. The predicted molar refractivity (Wildman–Crippen MR) is 58.2 cm³/mol. The second-order valence-corrected chi connectivity index (χ2v) is 5.05. The third kappa shape index (κ3) is 3.25. The molecule has 2 N–H and O–H groups in total. The van der Waals surface area contributed by atoms with Crippen molar-refractivity contribution in [2.24, 2.45) is 11.8 Å². The zero-order valence-corrected chi connectivity index (χ0v) is 9.04. The van der Waals surface area contributed by atoms with Crippen LogP contribution >= 0.6 is 0 Å². The highest BCUT2D eigenvalue weighted by atomic mass is 16.3. The van der Waals surface area contributed by atoms with Crippen LogP contribution in [0.2, 0.25) is 0 Å². The van der Waals surface area contributed by atoms with E-state index in [0.717, 1.165) is 25.4 Å². The van der Waals surface area contributed by atoms with Gasteiger partial charge in [0.15, 0.2) is 0 Å². The summed E-state index contributed by atoms with van der Waals surface area (Å²) in [5, 5.41) is 13.2. The van der Waals surface area contributed by atoms with E-state index in [1.807, 2.05) is 0 Å². The summed E-state index contributed by atoms with van der Waals surface area (Å²) in [6, 6.07) is 0. The van der Waals surface area contributed by atoms with Crippen LogP contribution < -0.4 is 5.32 Å². The fourth-order valence-corrected chi connectivity index (χ4v) is 2.43. The minimum atomic E-state index is -0.0304. The maximum atomic E-state index is 9.75. The molecule has 2 atom stereocenters. The Balaban J connectivity index is 1.53. The molecule has 0 amide bonds. The molecular weight excluding hydrogens is 174 g/mol. The number of hydrogen-bond donors (Lipinski definition) is 2. The van der Waals surface area contributed by atoms with Gasteiger partial charge in [-0.05, 0) is 37.6 Å². The smallest absolute Gasteiger partial charge is 0.0580 e. The van der Waals surface area contributed by atoms with Gasteiger partial charge in [-0.2, -0.15) is 0 Å². The molecular formula is C12H23NO. The van der Waals surface area contributed by atoms with Crippen molar-refractivity contribution in [3.8, 4) is 0 Å².